The summed E-state index contributed by atoms with van der Waals surface area (Å²) in [5.41, 5.74) is 2.71. The summed E-state index contributed by atoms with van der Waals surface area (Å²) < 4.78 is 27.4. The molecule has 0 spiro atoms. The minimum absolute atomic E-state index is 0.174. The Bertz CT molecular complexity index is 1170. The van der Waals surface area contributed by atoms with Crippen molar-refractivity contribution in [2.24, 2.45) is 0 Å². The van der Waals surface area contributed by atoms with Crippen LogP contribution in [0.5, 0.6) is 0 Å². The number of benzene rings is 2. The molecule has 0 radical (unpaired) electrons. The average Bonchev–Trinajstić information content (AvgIpc) is 3.11. The highest BCUT2D eigenvalue weighted by atomic mass is 35.5. The van der Waals surface area contributed by atoms with Gasteiger partial charge >= 0.3 is 0 Å². The number of carbonyl (C=O) groups excluding carboxylic acids is 1. The quantitative estimate of drug-likeness (QED) is 0.622. The SMILES string of the molecule is Cc1ccc(S(=O)(=O)N2CCc3nc(NC(=O)Cc4ccc(Cl)cc4)sc3C2)cc1. The average molecular weight is 462 g/mol. The molecule has 1 N–H and O–H groups in total. The molecule has 0 unspecified atom stereocenters. The van der Waals surface area contributed by atoms with Gasteiger partial charge in [-0.3, -0.25) is 4.79 Å². The van der Waals surface area contributed by atoms with Crippen molar-refractivity contribution in [1.82, 2.24) is 9.29 Å². The number of nitrogens with one attached hydrogen (secondary N) is 1. The molecule has 0 aliphatic carbocycles. The van der Waals surface area contributed by atoms with Gasteiger partial charge in [-0.05, 0) is 36.8 Å². The van der Waals surface area contributed by atoms with E-state index in [2.05, 4.69) is 10.3 Å². The summed E-state index contributed by atoms with van der Waals surface area (Å²) in [5.74, 6) is -0.174. The second-order valence-electron chi connectivity index (χ2n) is 7.14. The lowest BCUT2D eigenvalue weighted by molar-refractivity contribution is -0.115. The van der Waals surface area contributed by atoms with Gasteiger partial charge in [-0.15, -0.1) is 11.3 Å². The maximum Gasteiger partial charge on any atom is 0.243 e. The van der Waals surface area contributed by atoms with E-state index in [1.165, 1.54) is 15.6 Å². The maximum atomic E-state index is 13.0. The molecule has 9 heteroatoms. The van der Waals surface area contributed by atoms with Crippen LogP contribution in [-0.2, 0) is 34.2 Å². The first-order valence-corrected chi connectivity index (χ1v) is 12.0. The van der Waals surface area contributed by atoms with Crippen LogP contribution in [0.2, 0.25) is 5.02 Å². The number of anilines is 1. The van der Waals surface area contributed by atoms with Gasteiger partial charge in [0.25, 0.3) is 0 Å². The molecule has 4 rings (SSSR count). The molecule has 156 valence electrons. The van der Waals surface area contributed by atoms with Crippen molar-refractivity contribution in [3.63, 3.8) is 0 Å². The van der Waals surface area contributed by atoms with E-state index in [9.17, 15) is 13.2 Å². The van der Waals surface area contributed by atoms with Gasteiger partial charge in [0.2, 0.25) is 15.9 Å². The summed E-state index contributed by atoms with van der Waals surface area (Å²) >= 11 is 7.19. The standard InChI is InChI=1S/C21H20ClN3O3S2/c1-14-2-8-17(9-3-14)30(27,28)25-11-10-18-19(13-25)29-21(23-18)24-20(26)12-15-4-6-16(22)7-5-15/h2-9H,10-13H2,1H3,(H,23,24,26). The van der Waals surface area contributed by atoms with E-state index >= 15 is 0 Å². The number of amides is 1. The molecule has 0 atom stereocenters. The number of sulfonamides is 1. The van der Waals surface area contributed by atoms with Crippen LogP contribution in [0.3, 0.4) is 0 Å². The molecule has 1 amide bonds. The van der Waals surface area contributed by atoms with Gasteiger partial charge < -0.3 is 5.32 Å². The molecule has 30 heavy (non-hydrogen) atoms. The molecule has 0 bridgehead atoms. The van der Waals surface area contributed by atoms with Crippen LogP contribution in [0.1, 0.15) is 21.7 Å². The molecule has 1 aliphatic heterocycles. The van der Waals surface area contributed by atoms with Crippen molar-refractivity contribution < 1.29 is 13.2 Å². The van der Waals surface area contributed by atoms with Crippen molar-refractivity contribution in [3.05, 3.63) is 75.3 Å². The Morgan fingerprint density at radius 2 is 1.87 bits per heavy atom. The summed E-state index contributed by atoms with van der Waals surface area (Å²) in [5, 5.41) is 3.94. The summed E-state index contributed by atoms with van der Waals surface area (Å²) in [7, 11) is -3.57. The predicted octanol–water partition coefficient (Wildman–Crippen LogP) is 4.03. The van der Waals surface area contributed by atoms with E-state index in [0.29, 0.717) is 23.1 Å². The number of hydrogen-bond donors (Lipinski definition) is 1. The third-order valence-electron chi connectivity index (χ3n) is 4.88. The fourth-order valence-corrected chi connectivity index (χ4v) is 5.90. The van der Waals surface area contributed by atoms with E-state index in [-0.39, 0.29) is 23.8 Å². The zero-order chi connectivity index (χ0) is 21.3. The highest BCUT2D eigenvalue weighted by Gasteiger charge is 2.30. The Hall–Kier alpha value is -2.26. The summed E-state index contributed by atoms with van der Waals surface area (Å²) in [4.78, 5) is 18.0. The van der Waals surface area contributed by atoms with Crippen LogP contribution in [0, 0.1) is 6.92 Å². The molecule has 2 aromatic carbocycles. The number of aromatic nitrogens is 1. The fraction of sp³-hybridized carbons (Fsp3) is 0.238. The number of aryl methyl sites for hydroxylation is 1. The van der Waals surface area contributed by atoms with Gasteiger partial charge in [0.05, 0.1) is 23.6 Å². The third kappa shape index (κ3) is 4.57. The first-order chi connectivity index (χ1) is 14.3. The van der Waals surface area contributed by atoms with Crippen molar-refractivity contribution in [2.45, 2.75) is 31.2 Å². The lowest BCUT2D eigenvalue weighted by Gasteiger charge is -2.25. The Balaban J connectivity index is 1.44. The molecule has 1 aliphatic rings. The first kappa shape index (κ1) is 21.0. The highest BCUT2D eigenvalue weighted by Crippen LogP contribution is 2.31. The molecule has 0 fully saturated rings. The fourth-order valence-electron chi connectivity index (χ4n) is 3.24. The van der Waals surface area contributed by atoms with Gasteiger partial charge in [0.15, 0.2) is 5.13 Å². The molecule has 0 saturated heterocycles. The highest BCUT2D eigenvalue weighted by molar-refractivity contribution is 7.89. The van der Waals surface area contributed by atoms with Crippen LogP contribution in [-0.4, -0.2) is 30.2 Å². The minimum Gasteiger partial charge on any atom is -0.302 e. The van der Waals surface area contributed by atoms with Crippen LogP contribution in [0.4, 0.5) is 5.13 Å². The van der Waals surface area contributed by atoms with Crippen LogP contribution in [0.15, 0.2) is 53.4 Å². The number of halogens is 1. The number of hydrogen-bond acceptors (Lipinski definition) is 5. The second-order valence-corrected chi connectivity index (χ2v) is 10.6. The lowest BCUT2D eigenvalue weighted by atomic mass is 10.1. The summed E-state index contributed by atoms with van der Waals surface area (Å²) in [6, 6.07) is 14.0. The van der Waals surface area contributed by atoms with Crippen molar-refractivity contribution >= 4 is 44.0 Å². The normalized spacial score (nSPS) is 14.3. The molecule has 2 heterocycles. The van der Waals surface area contributed by atoms with Gasteiger partial charge in [-0.2, -0.15) is 4.31 Å². The number of rotatable bonds is 5. The number of thiazole rings is 1. The van der Waals surface area contributed by atoms with Crippen molar-refractivity contribution in [3.8, 4) is 0 Å². The Morgan fingerprint density at radius 3 is 2.57 bits per heavy atom. The Labute approximate surface area is 184 Å². The topological polar surface area (TPSA) is 79.4 Å². The van der Waals surface area contributed by atoms with E-state index in [1.54, 1.807) is 36.4 Å². The molecule has 0 saturated carbocycles. The largest absolute Gasteiger partial charge is 0.302 e. The summed E-state index contributed by atoms with van der Waals surface area (Å²) in [6.45, 7) is 2.55. The molecular formula is C21H20ClN3O3S2. The monoisotopic (exact) mass is 461 g/mol. The first-order valence-electron chi connectivity index (χ1n) is 9.41. The van der Waals surface area contributed by atoms with Gasteiger partial charge in [-0.25, -0.2) is 13.4 Å². The predicted molar refractivity (Wildman–Crippen MR) is 118 cm³/mol. The minimum atomic E-state index is -3.57. The zero-order valence-corrected chi connectivity index (χ0v) is 18.6. The van der Waals surface area contributed by atoms with Gasteiger partial charge in [0.1, 0.15) is 0 Å². The smallest absolute Gasteiger partial charge is 0.243 e. The van der Waals surface area contributed by atoms with Crippen molar-refractivity contribution in [2.75, 3.05) is 11.9 Å². The number of carbonyl (C=O) groups is 1. The Morgan fingerprint density at radius 1 is 1.17 bits per heavy atom. The Kier molecular flexibility index (Phi) is 5.92. The van der Waals surface area contributed by atoms with Crippen LogP contribution < -0.4 is 5.32 Å². The number of fused-ring (bicyclic) bond motifs is 1. The zero-order valence-electron chi connectivity index (χ0n) is 16.3. The third-order valence-corrected chi connectivity index (χ3v) is 7.99. The van der Waals surface area contributed by atoms with Gasteiger partial charge in [0, 0.05) is 22.9 Å². The van der Waals surface area contributed by atoms with Crippen LogP contribution in [0.25, 0.3) is 0 Å². The number of nitrogens with zero attached hydrogens (tertiary/aromatic N) is 2. The van der Waals surface area contributed by atoms with E-state index in [0.717, 1.165) is 21.7 Å². The summed E-state index contributed by atoms with van der Waals surface area (Å²) in [6.07, 6.45) is 0.735. The molecule has 1 aromatic heterocycles. The second kappa shape index (κ2) is 8.47. The van der Waals surface area contributed by atoms with Crippen molar-refractivity contribution in [1.29, 1.82) is 0 Å². The van der Waals surface area contributed by atoms with E-state index in [1.807, 2.05) is 19.1 Å². The maximum absolute atomic E-state index is 13.0. The van der Waals surface area contributed by atoms with E-state index in [4.69, 9.17) is 11.6 Å². The molecule has 6 nitrogen and oxygen atoms in total. The van der Waals surface area contributed by atoms with E-state index < -0.39 is 10.0 Å². The van der Waals surface area contributed by atoms with Crippen LogP contribution >= 0.6 is 22.9 Å². The molecular weight excluding hydrogens is 442 g/mol. The van der Waals surface area contributed by atoms with Gasteiger partial charge in [-0.1, -0.05) is 41.4 Å². The molecule has 3 aromatic rings. The lowest BCUT2D eigenvalue weighted by Crippen LogP contribution is -2.35.